The minimum absolute atomic E-state index is 0.0179. The van der Waals surface area contributed by atoms with E-state index in [1.165, 1.54) is 84.0 Å². The number of carbonyl (C=O) groups excluding carboxylic acids is 2. The first-order chi connectivity index (χ1) is 25.8. The number of aromatic nitrogens is 1. The van der Waals surface area contributed by atoms with Crippen LogP contribution in [0.1, 0.15) is 177 Å². The average molecular weight is 734 g/mol. The quantitative estimate of drug-likeness (QED) is 0.0483. The SMILES string of the molecule is CCCCCCCCCCCCCCCCCC(=O)OCCCn1c(O)c(C#N)c(C)c(N=Nc2ccccc2C(=O)NCC(CC)CCCC)c1=O. The van der Waals surface area contributed by atoms with Gasteiger partial charge in [-0.15, -0.1) is 10.2 Å². The van der Waals surface area contributed by atoms with Crippen molar-refractivity contribution in [2.75, 3.05) is 13.2 Å². The summed E-state index contributed by atoms with van der Waals surface area (Å²) in [6.45, 7) is 8.71. The standard InChI is InChI=1S/C43H67N5O5/c1-5-8-10-11-12-13-14-15-16-17-18-19-20-21-22-29-39(49)53-31-25-30-48-42(51)37(32-44)34(4)40(43(48)52)47-46-38-28-24-23-27-36(38)41(50)45-33-35(7-3)26-9-6-2/h23-24,27-28,35,51H,5-22,25-26,29-31,33H2,1-4H3,(H,45,50). The lowest BCUT2D eigenvalue weighted by Crippen LogP contribution is -2.29. The van der Waals surface area contributed by atoms with Gasteiger partial charge in [0.2, 0.25) is 5.88 Å². The van der Waals surface area contributed by atoms with Crippen molar-refractivity contribution in [1.82, 2.24) is 9.88 Å². The number of amides is 1. The molecule has 1 aromatic heterocycles. The van der Waals surface area contributed by atoms with Gasteiger partial charge in [0.1, 0.15) is 11.6 Å². The van der Waals surface area contributed by atoms with Crippen molar-refractivity contribution in [3.63, 3.8) is 0 Å². The summed E-state index contributed by atoms with van der Waals surface area (Å²) in [5.74, 6) is -0.633. The molecule has 0 spiro atoms. The highest BCUT2D eigenvalue weighted by Gasteiger charge is 2.20. The molecule has 2 rings (SSSR count). The summed E-state index contributed by atoms with van der Waals surface area (Å²) < 4.78 is 6.45. The molecule has 2 aromatic rings. The Balaban J connectivity index is 1.82. The molecule has 1 amide bonds. The third-order valence-electron chi connectivity index (χ3n) is 10.0. The molecule has 0 fully saturated rings. The molecule has 0 saturated carbocycles. The Labute approximate surface area is 318 Å². The number of ether oxygens (including phenoxy) is 1. The van der Waals surface area contributed by atoms with Gasteiger partial charge in [-0.05, 0) is 44.2 Å². The van der Waals surface area contributed by atoms with Crippen molar-refractivity contribution < 1.29 is 19.4 Å². The Hall–Kier alpha value is -4.00. The molecular formula is C43H67N5O5. The number of benzene rings is 1. The van der Waals surface area contributed by atoms with Gasteiger partial charge >= 0.3 is 5.97 Å². The number of azo groups is 1. The van der Waals surface area contributed by atoms with Crippen LogP contribution in [0.2, 0.25) is 0 Å². The number of rotatable bonds is 29. The lowest BCUT2D eigenvalue weighted by atomic mass is 9.99. The fourth-order valence-electron chi connectivity index (χ4n) is 6.52. The van der Waals surface area contributed by atoms with Gasteiger partial charge in [-0.25, -0.2) is 0 Å². The number of carbonyl (C=O) groups is 2. The van der Waals surface area contributed by atoms with Gasteiger partial charge < -0.3 is 15.2 Å². The lowest BCUT2D eigenvalue weighted by molar-refractivity contribution is -0.143. The third kappa shape index (κ3) is 17.1. The van der Waals surface area contributed by atoms with Crippen molar-refractivity contribution >= 4 is 23.3 Å². The van der Waals surface area contributed by atoms with E-state index in [1.54, 1.807) is 24.3 Å². The first-order valence-corrected chi connectivity index (χ1v) is 20.6. The Morgan fingerprint density at radius 1 is 0.849 bits per heavy atom. The van der Waals surface area contributed by atoms with E-state index in [9.17, 15) is 24.8 Å². The number of unbranched alkanes of at least 4 members (excludes halogenated alkanes) is 15. The molecule has 0 radical (unpaired) electrons. The number of esters is 1. The van der Waals surface area contributed by atoms with Crippen LogP contribution in [0.4, 0.5) is 11.4 Å². The molecule has 0 aliphatic rings. The smallest absolute Gasteiger partial charge is 0.305 e. The molecule has 0 saturated heterocycles. The summed E-state index contributed by atoms with van der Waals surface area (Å²) in [5.41, 5.74) is -0.0311. The second-order valence-corrected chi connectivity index (χ2v) is 14.4. The zero-order valence-electron chi connectivity index (χ0n) is 33.2. The maximum atomic E-state index is 13.5. The van der Waals surface area contributed by atoms with E-state index in [2.05, 4.69) is 36.3 Å². The van der Waals surface area contributed by atoms with Gasteiger partial charge in [0.25, 0.3) is 11.5 Å². The van der Waals surface area contributed by atoms with Crippen molar-refractivity contribution in [2.45, 2.75) is 169 Å². The van der Waals surface area contributed by atoms with E-state index < -0.39 is 11.4 Å². The van der Waals surface area contributed by atoms with Gasteiger partial charge in [0, 0.05) is 25.1 Å². The monoisotopic (exact) mass is 734 g/mol. The molecule has 2 N–H and O–H groups in total. The van der Waals surface area contributed by atoms with E-state index in [4.69, 9.17) is 4.74 Å². The lowest BCUT2D eigenvalue weighted by Gasteiger charge is -2.15. The molecule has 10 nitrogen and oxygen atoms in total. The molecule has 294 valence electrons. The molecule has 1 heterocycles. The van der Waals surface area contributed by atoms with Crippen molar-refractivity contribution in [2.24, 2.45) is 16.1 Å². The maximum absolute atomic E-state index is 13.5. The third-order valence-corrected chi connectivity index (χ3v) is 10.0. The fourth-order valence-corrected chi connectivity index (χ4v) is 6.52. The fraction of sp³-hybridized carbons (Fsp3) is 0.674. The van der Waals surface area contributed by atoms with E-state index >= 15 is 0 Å². The molecule has 0 bridgehead atoms. The van der Waals surface area contributed by atoms with Crippen LogP contribution in [0.25, 0.3) is 0 Å². The predicted molar refractivity (Wildman–Crippen MR) is 213 cm³/mol. The largest absolute Gasteiger partial charge is 0.493 e. The zero-order chi connectivity index (χ0) is 38.7. The second-order valence-electron chi connectivity index (χ2n) is 14.4. The number of pyridine rings is 1. The van der Waals surface area contributed by atoms with Crippen LogP contribution in [-0.4, -0.2) is 34.7 Å². The van der Waals surface area contributed by atoms with Crippen LogP contribution in [0, 0.1) is 24.2 Å². The van der Waals surface area contributed by atoms with E-state index in [0.29, 0.717) is 24.4 Å². The number of nitriles is 1. The van der Waals surface area contributed by atoms with Gasteiger partial charge in [0.15, 0.2) is 5.69 Å². The number of aromatic hydroxyl groups is 1. The molecule has 1 aromatic carbocycles. The van der Waals surface area contributed by atoms with Crippen LogP contribution in [0.5, 0.6) is 5.88 Å². The number of hydrogen-bond acceptors (Lipinski definition) is 8. The summed E-state index contributed by atoms with van der Waals surface area (Å²) in [6.07, 6.45) is 23.8. The molecule has 53 heavy (non-hydrogen) atoms. The van der Waals surface area contributed by atoms with Gasteiger partial charge in [-0.3, -0.25) is 19.0 Å². The Morgan fingerprint density at radius 3 is 2.02 bits per heavy atom. The maximum Gasteiger partial charge on any atom is 0.305 e. The van der Waals surface area contributed by atoms with Crippen LogP contribution in [-0.2, 0) is 16.1 Å². The highest BCUT2D eigenvalue weighted by molar-refractivity contribution is 5.98. The number of hydrogen-bond donors (Lipinski definition) is 2. The molecule has 1 atom stereocenters. The molecular weight excluding hydrogens is 667 g/mol. The minimum Gasteiger partial charge on any atom is -0.493 e. The summed E-state index contributed by atoms with van der Waals surface area (Å²) in [6, 6.07) is 8.71. The zero-order valence-corrected chi connectivity index (χ0v) is 33.2. The molecule has 10 heteroatoms. The Bertz CT molecular complexity index is 1500. The van der Waals surface area contributed by atoms with Crippen molar-refractivity contribution in [3.8, 4) is 11.9 Å². The van der Waals surface area contributed by atoms with Crippen LogP contribution in [0.3, 0.4) is 0 Å². The van der Waals surface area contributed by atoms with Gasteiger partial charge in [-0.1, -0.05) is 142 Å². The van der Waals surface area contributed by atoms with Crippen molar-refractivity contribution in [1.29, 1.82) is 5.26 Å². The summed E-state index contributed by atoms with van der Waals surface area (Å²) in [7, 11) is 0. The Morgan fingerprint density at radius 2 is 1.43 bits per heavy atom. The van der Waals surface area contributed by atoms with Gasteiger partial charge in [0.05, 0.1) is 17.9 Å². The number of nitrogens with zero attached hydrogens (tertiary/aromatic N) is 4. The van der Waals surface area contributed by atoms with Crippen LogP contribution in [0.15, 0.2) is 39.3 Å². The van der Waals surface area contributed by atoms with Crippen molar-refractivity contribution in [3.05, 3.63) is 51.3 Å². The normalized spacial score (nSPS) is 11.8. The summed E-state index contributed by atoms with van der Waals surface area (Å²) in [4.78, 5) is 38.9. The highest BCUT2D eigenvalue weighted by Crippen LogP contribution is 2.28. The summed E-state index contributed by atoms with van der Waals surface area (Å²) in [5, 5.41) is 32.0. The Kier molecular flexibility index (Phi) is 23.5. The predicted octanol–water partition coefficient (Wildman–Crippen LogP) is 11.3. The highest BCUT2D eigenvalue weighted by atomic mass is 16.5. The average Bonchev–Trinajstić information content (AvgIpc) is 3.16. The van der Waals surface area contributed by atoms with Crippen LogP contribution < -0.4 is 10.9 Å². The van der Waals surface area contributed by atoms with Crippen LogP contribution >= 0.6 is 0 Å². The number of nitrogens with one attached hydrogen (secondary N) is 1. The van der Waals surface area contributed by atoms with Gasteiger partial charge in [-0.2, -0.15) is 5.26 Å². The topological polar surface area (TPSA) is 146 Å². The first kappa shape index (κ1) is 45.2. The van der Waals surface area contributed by atoms with E-state index in [0.717, 1.165) is 49.5 Å². The van der Waals surface area contributed by atoms with E-state index in [1.807, 2.05) is 6.07 Å². The molecule has 0 aliphatic heterocycles. The molecule has 1 unspecified atom stereocenters. The molecule has 0 aliphatic carbocycles. The first-order valence-electron chi connectivity index (χ1n) is 20.6. The minimum atomic E-state index is -0.629. The summed E-state index contributed by atoms with van der Waals surface area (Å²) >= 11 is 0. The second kappa shape index (κ2) is 27.6. The van der Waals surface area contributed by atoms with E-state index in [-0.39, 0.29) is 54.0 Å².